The van der Waals surface area contributed by atoms with Crippen LogP contribution in [0.4, 0.5) is 5.69 Å². The predicted octanol–water partition coefficient (Wildman–Crippen LogP) is 2.64. The Morgan fingerprint density at radius 2 is 2.05 bits per heavy atom. The monoisotopic (exact) mass is 271 g/mol. The molecule has 0 aromatic carbocycles. The molecule has 0 unspecified atom stereocenters. The van der Waals surface area contributed by atoms with Gasteiger partial charge in [-0.2, -0.15) is 0 Å². The van der Waals surface area contributed by atoms with E-state index in [0.29, 0.717) is 15.9 Å². The maximum absolute atomic E-state index is 11.0. The summed E-state index contributed by atoms with van der Waals surface area (Å²) in [6, 6.07) is 9.13. The normalized spacial score (nSPS) is 10.7. The van der Waals surface area contributed by atoms with E-state index in [0.717, 1.165) is 17.0 Å². The number of fused-ring (bicyclic) bond motifs is 1. The smallest absolute Gasteiger partial charge is 0.348 e. The Labute approximate surface area is 112 Å². The summed E-state index contributed by atoms with van der Waals surface area (Å²) < 4.78 is 0. The number of carboxylic acids is 1. The molecule has 0 saturated heterocycles. The van der Waals surface area contributed by atoms with Crippen LogP contribution in [0.3, 0.4) is 0 Å². The number of carbonyl (C=O) groups is 1. The molecule has 5 nitrogen and oxygen atoms in total. The van der Waals surface area contributed by atoms with Crippen LogP contribution >= 0.6 is 11.3 Å². The number of rotatable bonds is 2. The fourth-order valence-corrected chi connectivity index (χ4v) is 2.75. The Balaban J connectivity index is 2.19. The summed E-state index contributed by atoms with van der Waals surface area (Å²) in [5.74, 6) is -1.03. The number of aromatic nitrogens is 2. The number of anilines is 1. The van der Waals surface area contributed by atoms with Crippen molar-refractivity contribution < 1.29 is 9.90 Å². The molecule has 0 amide bonds. The van der Waals surface area contributed by atoms with E-state index in [-0.39, 0.29) is 10.6 Å². The highest BCUT2D eigenvalue weighted by atomic mass is 32.1. The number of thiophene rings is 1. The summed E-state index contributed by atoms with van der Waals surface area (Å²) in [6.45, 7) is 0. The topological polar surface area (TPSA) is 89.1 Å². The number of hydrogen-bond acceptors (Lipinski definition) is 5. The summed E-state index contributed by atoms with van der Waals surface area (Å²) >= 11 is 1.08. The zero-order valence-electron chi connectivity index (χ0n) is 9.70. The lowest BCUT2D eigenvalue weighted by Crippen LogP contribution is -1.96. The molecule has 3 aromatic heterocycles. The maximum atomic E-state index is 11.0. The van der Waals surface area contributed by atoms with Gasteiger partial charge in [-0.3, -0.25) is 4.98 Å². The highest BCUT2D eigenvalue weighted by Gasteiger charge is 2.16. The summed E-state index contributed by atoms with van der Waals surface area (Å²) in [7, 11) is 0. The van der Waals surface area contributed by atoms with Gasteiger partial charge in [-0.15, -0.1) is 11.3 Å². The van der Waals surface area contributed by atoms with Gasteiger partial charge < -0.3 is 10.8 Å². The number of carboxylic acid groups (broad SMARTS) is 1. The van der Waals surface area contributed by atoms with Gasteiger partial charge >= 0.3 is 5.97 Å². The molecule has 3 aromatic rings. The van der Waals surface area contributed by atoms with Crippen LogP contribution in [0, 0.1) is 0 Å². The Hall–Kier alpha value is -2.47. The van der Waals surface area contributed by atoms with E-state index in [4.69, 9.17) is 10.8 Å². The highest BCUT2D eigenvalue weighted by molar-refractivity contribution is 7.21. The van der Waals surface area contributed by atoms with E-state index >= 15 is 0 Å². The van der Waals surface area contributed by atoms with Gasteiger partial charge in [0.25, 0.3) is 0 Å². The molecule has 19 heavy (non-hydrogen) atoms. The number of aromatic carboxylic acids is 1. The Kier molecular flexibility index (Phi) is 2.64. The van der Waals surface area contributed by atoms with Crippen molar-refractivity contribution >= 4 is 33.2 Å². The third-order valence-electron chi connectivity index (χ3n) is 2.72. The molecule has 0 aliphatic carbocycles. The number of nitrogens with two attached hydrogens (primary N) is 1. The van der Waals surface area contributed by atoms with Gasteiger partial charge in [0.2, 0.25) is 0 Å². The van der Waals surface area contributed by atoms with Crippen LogP contribution < -0.4 is 5.73 Å². The second-order valence-corrected chi connectivity index (χ2v) is 4.91. The van der Waals surface area contributed by atoms with Crippen LogP contribution in [0.25, 0.3) is 21.6 Å². The second-order valence-electron chi connectivity index (χ2n) is 3.91. The van der Waals surface area contributed by atoms with Crippen molar-refractivity contribution in [1.29, 1.82) is 0 Å². The van der Waals surface area contributed by atoms with Gasteiger partial charge in [0, 0.05) is 11.6 Å². The van der Waals surface area contributed by atoms with Crippen LogP contribution in [-0.2, 0) is 0 Å². The van der Waals surface area contributed by atoms with E-state index in [1.54, 1.807) is 18.3 Å². The molecule has 0 saturated carbocycles. The van der Waals surface area contributed by atoms with Gasteiger partial charge in [0.15, 0.2) is 0 Å². The molecule has 3 rings (SSSR count). The van der Waals surface area contributed by atoms with Crippen LogP contribution in [0.15, 0.2) is 36.5 Å². The molecular weight excluding hydrogens is 262 g/mol. The van der Waals surface area contributed by atoms with Crippen molar-refractivity contribution in [2.24, 2.45) is 0 Å². The van der Waals surface area contributed by atoms with Crippen molar-refractivity contribution in [1.82, 2.24) is 9.97 Å². The number of hydrogen-bond donors (Lipinski definition) is 2. The highest BCUT2D eigenvalue weighted by Crippen LogP contribution is 2.33. The third-order valence-corrected chi connectivity index (χ3v) is 3.82. The van der Waals surface area contributed by atoms with Crippen molar-refractivity contribution in [3.63, 3.8) is 0 Å². The van der Waals surface area contributed by atoms with Crippen LogP contribution in [-0.4, -0.2) is 21.0 Å². The summed E-state index contributed by atoms with van der Waals surface area (Å²) in [4.78, 5) is 20.4. The number of pyridine rings is 2. The summed E-state index contributed by atoms with van der Waals surface area (Å²) in [5, 5.41) is 9.71. The molecular formula is C13H9N3O2S. The lowest BCUT2D eigenvalue weighted by molar-refractivity contribution is 0.0703. The largest absolute Gasteiger partial charge is 0.477 e. The quantitative estimate of drug-likeness (QED) is 0.748. The zero-order chi connectivity index (χ0) is 13.4. The van der Waals surface area contributed by atoms with E-state index in [1.807, 2.05) is 18.2 Å². The van der Waals surface area contributed by atoms with E-state index in [1.165, 1.54) is 0 Å². The van der Waals surface area contributed by atoms with Crippen molar-refractivity contribution in [3.8, 4) is 11.4 Å². The van der Waals surface area contributed by atoms with Gasteiger partial charge in [-0.25, -0.2) is 9.78 Å². The molecule has 94 valence electrons. The van der Waals surface area contributed by atoms with Gasteiger partial charge in [-0.1, -0.05) is 6.07 Å². The zero-order valence-corrected chi connectivity index (χ0v) is 10.5. The van der Waals surface area contributed by atoms with E-state index < -0.39 is 5.97 Å². The standard InChI is InChI=1S/C13H9N3O2S/c14-10-7-4-5-9(8-3-1-2-6-15-8)16-12(7)19-11(10)13(17)18/h1-6H,14H2,(H,17,18). The maximum Gasteiger partial charge on any atom is 0.348 e. The molecule has 3 heterocycles. The first kappa shape index (κ1) is 11.6. The van der Waals surface area contributed by atoms with Gasteiger partial charge in [0.05, 0.1) is 17.1 Å². The fourth-order valence-electron chi connectivity index (χ4n) is 1.81. The van der Waals surface area contributed by atoms with Crippen LogP contribution in [0.2, 0.25) is 0 Å². The van der Waals surface area contributed by atoms with E-state index in [9.17, 15) is 4.79 Å². The minimum atomic E-state index is -1.03. The first-order chi connectivity index (χ1) is 9.16. The average Bonchev–Trinajstić information content (AvgIpc) is 2.77. The molecule has 0 fully saturated rings. The Bertz CT molecular complexity index is 768. The molecule has 0 aliphatic heterocycles. The first-order valence-electron chi connectivity index (χ1n) is 5.50. The van der Waals surface area contributed by atoms with Gasteiger partial charge in [-0.05, 0) is 24.3 Å². The molecule has 0 bridgehead atoms. The van der Waals surface area contributed by atoms with Crippen molar-refractivity contribution in [2.75, 3.05) is 5.73 Å². The lowest BCUT2D eigenvalue weighted by Gasteiger charge is -1.99. The van der Waals surface area contributed by atoms with Crippen molar-refractivity contribution in [3.05, 3.63) is 41.4 Å². The fraction of sp³-hybridized carbons (Fsp3) is 0. The molecule has 6 heteroatoms. The Morgan fingerprint density at radius 3 is 2.74 bits per heavy atom. The third kappa shape index (κ3) is 1.92. The Morgan fingerprint density at radius 1 is 1.21 bits per heavy atom. The van der Waals surface area contributed by atoms with Crippen molar-refractivity contribution in [2.45, 2.75) is 0 Å². The molecule has 0 aliphatic rings. The predicted molar refractivity (Wildman–Crippen MR) is 74.2 cm³/mol. The first-order valence-corrected chi connectivity index (χ1v) is 6.32. The number of nitrogen functional groups attached to an aromatic ring is 1. The summed E-state index contributed by atoms with van der Waals surface area (Å²) in [5.41, 5.74) is 7.52. The minimum absolute atomic E-state index is 0.126. The second kappa shape index (κ2) is 4.33. The SMILES string of the molecule is Nc1c(C(=O)O)sc2nc(-c3ccccn3)ccc12. The molecule has 0 spiro atoms. The number of nitrogens with zero attached hydrogens (tertiary/aromatic N) is 2. The molecule has 0 atom stereocenters. The summed E-state index contributed by atoms with van der Waals surface area (Å²) in [6.07, 6.45) is 1.69. The minimum Gasteiger partial charge on any atom is -0.477 e. The van der Waals surface area contributed by atoms with Crippen LogP contribution in [0.5, 0.6) is 0 Å². The van der Waals surface area contributed by atoms with Crippen LogP contribution in [0.1, 0.15) is 9.67 Å². The van der Waals surface area contributed by atoms with Gasteiger partial charge in [0.1, 0.15) is 9.71 Å². The average molecular weight is 271 g/mol. The molecule has 3 N–H and O–H groups in total. The lowest BCUT2D eigenvalue weighted by atomic mass is 10.2. The van der Waals surface area contributed by atoms with E-state index in [2.05, 4.69) is 9.97 Å². The molecule has 0 radical (unpaired) electrons.